The molecule has 0 radical (unpaired) electrons. The van der Waals surface area contributed by atoms with Crippen LogP contribution in [0.3, 0.4) is 0 Å². The largest absolute Gasteiger partial charge is 0.324 e. The van der Waals surface area contributed by atoms with E-state index < -0.39 is 0 Å². The zero-order valence-corrected chi connectivity index (χ0v) is 11.7. The summed E-state index contributed by atoms with van der Waals surface area (Å²) in [4.78, 5) is 13.2. The lowest BCUT2D eigenvalue weighted by atomic mass is 10.3. The molecule has 0 saturated carbocycles. The van der Waals surface area contributed by atoms with Gasteiger partial charge in [-0.25, -0.2) is 9.97 Å². The van der Waals surface area contributed by atoms with Crippen LogP contribution in [-0.2, 0) is 0 Å². The van der Waals surface area contributed by atoms with Crippen LogP contribution < -0.4 is 5.32 Å². The zero-order valence-electron chi connectivity index (χ0n) is 11.7. The standard InChI is InChI=1S/C17H13N5/c1-3-7-13(8-4-1)20-17-18-11-15-16(21-17)22(12-19-15)14-9-5-2-6-10-14/h1-12H,(H,18,20,21). The molecule has 0 aliphatic heterocycles. The molecule has 0 atom stereocenters. The molecule has 5 nitrogen and oxygen atoms in total. The van der Waals surface area contributed by atoms with Crippen LogP contribution in [0.15, 0.2) is 73.2 Å². The minimum Gasteiger partial charge on any atom is -0.324 e. The van der Waals surface area contributed by atoms with E-state index in [0.717, 1.165) is 22.5 Å². The number of fused-ring (bicyclic) bond motifs is 1. The molecule has 5 heteroatoms. The Morgan fingerprint density at radius 2 is 1.55 bits per heavy atom. The Kier molecular flexibility index (Phi) is 3.01. The fourth-order valence-corrected chi connectivity index (χ4v) is 2.30. The predicted molar refractivity (Wildman–Crippen MR) is 86.4 cm³/mol. The number of anilines is 2. The van der Waals surface area contributed by atoms with E-state index in [1.54, 1.807) is 12.5 Å². The van der Waals surface area contributed by atoms with Crippen molar-refractivity contribution in [1.82, 2.24) is 19.5 Å². The molecule has 0 saturated heterocycles. The third-order valence-electron chi connectivity index (χ3n) is 3.35. The van der Waals surface area contributed by atoms with Crippen molar-refractivity contribution < 1.29 is 0 Å². The van der Waals surface area contributed by atoms with Crippen LogP contribution in [0.5, 0.6) is 0 Å². The summed E-state index contributed by atoms with van der Waals surface area (Å²) in [7, 11) is 0. The molecule has 1 N–H and O–H groups in total. The molecule has 4 aromatic rings. The predicted octanol–water partition coefficient (Wildman–Crippen LogP) is 3.56. The highest BCUT2D eigenvalue weighted by Crippen LogP contribution is 2.18. The van der Waals surface area contributed by atoms with Gasteiger partial charge in [0.15, 0.2) is 5.65 Å². The molecule has 2 aromatic heterocycles. The maximum atomic E-state index is 4.59. The summed E-state index contributed by atoms with van der Waals surface area (Å²) in [5.41, 5.74) is 3.52. The van der Waals surface area contributed by atoms with Gasteiger partial charge in [0, 0.05) is 11.4 Å². The average Bonchev–Trinajstić information content (AvgIpc) is 3.00. The Labute approximate surface area is 127 Å². The van der Waals surface area contributed by atoms with Crippen LogP contribution in [-0.4, -0.2) is 19.5 Å². The van der Waals surface area contributed by atoms with E-state index in [9.17, 15) is 0 Å². The molecule has 0 amide bonds. The number of imidazole rings is 1. The van der Waals surface area contributed by atoms with Crippen molar-refractivity contribution in [2.45, 2.75) is 0 Å². The zero-order chi connectivity index (χ0) is 14.8. The molecule has 4 rings (SSSR count). The first-order valence-electron chi connectivity index (χ1n) is 6.98. The fraction of sp³-hybridized carbons (Fsp3) is 0. The summed E-state index contributed by atoms with van der Waals surface area (Å²) < 4.78 is 1.95. The number of rotatable bonds is 3. The van der Waals surface area contributed by atoms with Crippen molar-refractivity contribution in [1.29, 1.82) is 0 Å². The first-order valence-corrected chi connectivity index (χ1v) is 6.98. The molecule has 2 heterocycles. The lowest BCUT2D eigenvalue weighted by Gasteiger charge is -2.06. The van der Waals surface area contributed by atoms with Crippen molar-refractivity contribution in [3.05, 3.63) is 73.2 Å². The maximum absolute atomic E-state index is 4.59. The molecule has 0 unspecified atom stereocenters. The highest BCUT2D eigenvalue weighted by Gasteiger charge is 2.08. The lowest BCUT2D eigenvalue weighted by Crippen LogP contribution is -1.99. The fourth-order valence-electron chi connectivity index (χ4n) is 2.30. The van der Waals surface area contributed by atoms with Crippen LogP contribution in [0, 0.1) is 0 Å². The summed E-state index contributed by atoms with van der Waals surface area (Å²) in [5.74, 6) is 0.552. The minimum absolute atomic E-state index is 0.552. The number of aromatic nitrogens is 4. The van der Waals surface area contributed by atoms with Crippen LogP contribution in [0.4, 0.5) is 11.6 Å². The number of para-hydroxylation sites is 2. The van der Waals surface area contributed by atoms with E-state index in [1.807, 2.05) is 65.2 Å². The lowest BCUT2D eigenvalue weighted by molar-refractivity contribution is 1.06. The van der Waals surface area contributed by atoms with Gasteiger partial charge in [0.05, 0.1) is 6.20 Å². The molecule has 22 heavy (non-hydrogen) atoms. The van der Waals surface area contributed by atoms with Crippen molar-refractivity contribution in [3.8, 4) is 5.69 Å². The summed E-state index contributed by atoms with van der Waals surface area (Å²) in [5, 5.41) is 3.20. The molecule has 0 aliphatic carbocycles. The van der Waals surface area contributed by atoms with Crippen LogP contribution in [0.1, 0.15) is 0 Å². The highest BCUT2D eigenvalue weighted by molar-refractivity contribution is 5.74. The Morgan fingerprint density at radius 3 is 2.32 bits per heavy atom. The average molecular weight is 287 g/mol. The summed E-state index contributed by atoms with van der Waals surface area (Å²) in [6.45, 7) is 0. The number of nitrogens with zero attached hydrogens (tertiary/aromatic N) is 4. The molecule has 0 aliphatic rings. The second-order valence-electron chi connectivity index (χ2n) is 4.84. The van der Waals surface area contributed by atoms with Crippen molar-refractivity contribution in [2.75, 3.05) is 5.32 Å². The van der Waals surface area contributed by atoms with Crippen LogP contribution in [0.2, 0.25) is 0 Å². The van der Waals surface area contributed by atoms with Gasteiger partial charge in [0.2, 0.25) is 5.95 Å². The molecule has 106 valence electrons. The maximum Gasteiger partial charge on any atom is 0.229 e. The number of benzene rings is 2. The number of nitrogens with one attached hydrogen (secondary N) is 1. The first kappa shape index (κ1) is 12.5. The van der Waals surface area contributed by atoms with Gasteiger partial charge in [-0.2, -0.15) is 4.98 Å². The van der Waals surface area contributed by atoms with Crippen LogP contribution >= 0.6 is 0 Å². The summed E-state index contributed by atoms with van der Waals surface area (Å²) in [6.07, 6.45) is 3.49. The summed E-state index contributed by atoms with van der Waals surface area (Å²) in [6, 6.07) is 19.9. The van der Waals surface area contributed by atoms with Crippen molar-refractivity contribution in [3.63, 3.8) is 0 Å². The quantitative estimate of drug-likeness (QED) is 0.626. The molecule has 2 aromatic carbocycles. The number of hydrogen-bond acceptors (Lipinski definition) is 4. The molecular formula is C17H13N5. The van der Waals surface area contributed by atoms with Crippen molar-refractivity contribution >= 4 is 22.8 Å². The summed E-state index contributed by atoms with van der Waals surface area (Å²) >= 11 is 0. The van der Waals surface area contributed by atoms with E-state index in [-0.39, 0.29) is 0 Å². The SMILES string of the molecule is c1ccc(Nc2ncc3ncn(-c4ccccc4)c3n2)cc1. The normalized spacial score (nSPS) is 10.7. The topological polar surface area (TPSA) is 55.6 Å². The number of hydrogen-bond donors (Lipinski definition) is 1. The first-order chi connectivity index (χ1) is 10.9. The van der Waals surface area contributed by atoms with Gasteiger partial charge in [0.1, 0.15) is 11.8 Å². The monoisotopic (exact) mass is 287 g/mol. The Hall–Kier alpha value is -3.21. The Balaban J connectivity index is 1.77. The third kappa shape index (κ3) is 2.29. The van der Waals surface area contributed by atoms with Crippen LogP contribution in [0.25, 0.3) is 16.9 Å². The highest BCUT2D eigenvalue weighted by atomic mass is 15.2. The molecular weight excluding hydrogens is 274 g/mol. The van der Waals surface area contributed by atoms with Gasteiger partial charge >= 0.3 is 0 Å². The smallest absolute Gasteiger partial charge is 0.229 e. The second-order valence-corrected chi connectivity index (χ2v) is 4.84. The van der Waals surface area contributed by atoms with E-state index in [0.29, 0.717) is 5.95 Å². The second kappa shape index (κ2) is 5.29. The van der Waals surface area contributed by atoms with Gasteiger partial charge in [-0.05, 0) is 24.3 Å². The third-order valence-corrected chi connectivity index (χ3v) is 3.35. The minimum atomic E-state index is 0.552. The van der Waals surface area contributed by atoms with Gasteiger partial charge in [-0.15, -0.1) is 0 Å². The van der Waals surface area contributed by atoms with Gasteiger partial charge < -0.3 is 5.32 Å². The van der Waals surface area contributed by atoms with E-state index in [2.05, 4.69) is 20.3 Å². The van der Waals surface area contributed by atoms with E-state index in [4.69, 9.17) is 0 Å². The van der Waals surface area contributed by atoms with Gasteiger partial charge in [-0.3, -0.25) is 4.57 Å². The van der Waals surface area contributed by atoms with E-state index in [1.165, 1.54) is 0 Å². The molecule has 0 bridgehead atoms. The molecule has 0 fully saturated rings. The molecule has 0 spiro atoms. The van der Waals surface area contributed by atoms with Gasteiger partial charge in [0.25, 0.3) is 0 Å². The van der Waals surface area contributed by atoms with Gasteiger partial charge in [-0.1, -0.05) is 36.4 Å². The van der Waals surface area contributed by atoms with Crippen molar-refractivity contribution in [2.24, 2.45) is 0 Å². The van der Waals surface area contributed by atoms with E-state index >= 15 is 0 Å². The Morgan fingerprint density at radius 1 is 0.818 bits per heavy atom. The Bertz CT molecular complexity index is 900.